The summed E-state index contributed by atoms with van der Waals surface area (Å²) in [6.07, 6.45) is 5.43. The van der Waals surface area contributed by atoms with Gasteiger partial charge in [-0.2, -0.15) is 0 Å². The average molecular weight is 273 g/mol. The van der Waals surface area contributed by atoms with E-state index >= 15 is 0 Å². The van der Waals surface area contributed by atoms with Gasteiger partial charge >= 0.3 is 5.97 Å². The molecule has 0 aliphatic heterocycles. The van der Waals surface area contributed by atoms with E-state index in [2.05, 4.69) is 28.5 Å². The second-order valence-corrected chi connectivity index (χ2v) is 5.85. The molecular weight excluding hydrogens is 254 g/mol. The number of carbonyl (C=O) groups is 1. The molecule has 0 spiro atoms. The Labute approximate surface area is 117 Å². The van der Waals surface area contributed by atoms with Crippen LogP contribution in [0, 0.1) is 0 Å². The Bertz CT molecular complexity index is 656. The van der Waals surface area contributed by atoms with Crippen LogP contribution in [-0.4, -0.2) is 45.2 Å². The number of carboxylic acid groups (broad SMARTS) is 1. The molecule has 20 heavy (non-hydrogen) atoms. The van der Waals surface area contributed by atoms with Gasteiger partial charge in [0.2, 0.25) is 0 Å². The molecule has 1 aliphatic carbocycles. The summed E-state index contributed by atoms with van der Waals surface area (Å²) >= 11 is 0. The van der Waals surface area contributed by atoms with Crippen molar-refractivity contribution in [3.05, 3.63) is 30.1 Å². The van der Waals surface area contributed by atoms with Crippen LogP contribution in [0.5, 0.6) is 0 Å². The molecule has 106 valence electrons. The van der Waals surface area contributed by atoms with E-state index in [-0.39, 0.29) is 5.54 Å². The summed E-state index contributed by atoms with van der Waals surface area (Å²) in [7, 11) is 4.22. The third kappa shape index (κ3) is 1.98. The summed E-state index contributed by atoms with van der Waals surface area (Å²) in [5.41, 5.74) is 2.25. The lowest BCUT2D eigenvalue weighted by molar-refractivity contribution is 0.0435. The topological polar surface area (TPSA) is 58.4 Å². The van der Waals surface area contributed by atoms with Gasteiger partial charge in [0, 0.05) is 12.1 Å². The van der Waals surface area contributed by atoms with Crippen molar-refractivity contribution < 1.29 is 9.90 Å². The van der Waals surface area contributed by atoms with E-state index in [1.165, 1.54) is 19.3 Å². The summed E-state index contributed by atoms with van der Waals surface area (Å²) < 4.78 is 2.08. The Morgan fingerprint density at radius 3 is 2.75 bits per heavy atom. The minimum atomic E-state index is -0.898. The number of hydrogen-bond acceptors (Lipinski definition) is 3. The molecule has 0 amide bonds. The minimum absolute atomic E-state index is 0.187. The third-order valence-electron chi connectivity index (χ3n) is 4.57. The largest absolute Gasteiger partial charge is 0.478 e. The summed E-state index contributed by atoms with van der Waals surface area (Å²) in [5.74, 6) is -0.898. The van der Waals surface area contributed by atoms with Gasteiger partial charge in [-0.25, -0.2) is 9.78 Å². The number of rotatable bonds is 4. The van der Waals surface area contributed by atoms with E-state index in [9.17, 15) is 4.79 Å². The van der Waals surface area contributed by atoms with Crippen LogP contribution in [-0.2, 0) is 6.54 Å². The van der Waals surface area contributed by atoms with Crippen LogP contribution in [0.3, 0.4) is 0 Å². The molecule has 1 aromatic heterocycles. The van der Waals surface area contributed by atoms with Gasteiger partial charge in [0.25, 0.3) is 0 Å². The second-order valence-electron chi connectivity index (χ2n) is 5.85. The number of nitrogens with zero attached hydrogens (tertiary/aromatic N) is 3. The van der Waals surface area contributed by atoms with Crippen molar-refractivity contribution >= 4 is 17.0 Å². The van der Waals surface area contributed by atoms with Crippen molar-refractivity contribution in [2.45, 2.75) is 31.3 Å². The van der Waals surface area contributed by atoms with Crippen molar-refractivity contribution in [2.24, 2.45) is 0 Å². The molecule has 0 bridgehead atoms. The second kappa shape index (κ2) is 4.59. The molecule has 1 aliphatic rings. The normalized spacial score (nSPS) is 17.4. The first-order valence-electron chi connectivity index (χ1n) is 6.87. The Morgan fingerprint density at radius 1 is 1.45 bits per heavy atom. The van der Waals surface area contributed by atoms with E-state index in [4.69, 9.17) is 5.11 Å². The highest BCUT2D eigenvalue weighted by Crippen LogP contribution is 2.38. The van der Waals surface area contributed by atoms with Crippen LogP contribution in [0.25, 0.3) is 11.0 Å². The SMILES string of the molecule is CN(C)C1(Cn2cnc3ccc(C(=O)O)cc32)CCC1. The van der Waals surface area contributed by atoms with Gasteiger partial charge in [-0.1, -0.05) is 0 Å². The Hall–Kier alpha value is -1.88. The fraction of sp³-hybridized carbons (Fsp3) is 0.467. The zero-order valence-electron chi connectivity index (χ0n) is 11.8. The molecule has 1 fully saturated rings. The van der Waals surface area contributed by atoms with Crippen LogP contribution in [0.2, 0.25) is 0 Å². The molecule has 3 rings (SSSR count). The third-order valence-corrected chi connectivity index (χ3v) is 4.57. The zero-order valence-corrected chi connectivity index (χ0v) is 11.8. The number of carboxylic acids is 1. The summed E-state index contributed by atoms with van der Waals surface area (Å²) in [5, 5.41) is 9.11. The first-order valence-corrected chi connectivity index (χ1v) is 6.87. The molecule has 2 aromatic rings. The van der Waals surface area contributed by atoms with E-state index in [1.807, 2.05) is 6.33 Å². The molecule has 5 nitrogen and oxygen atoms in total. The van der Waals surface area contributed by atoms with Gasteiger partial charge in [-0.15, -0.1) is 0 Å². The number of aromatic carboxylic acids is 1. The molecular formula is C15H19N3O2. The lowest BCUT2D eigenvalue weighted by atomic mass is 9.75. The van der Waals surface area contributed by atoms with Gasteiger partial charge < -0.3 is 14.6 Å². The van der Waals surface area contributed by atoms with E-state index in [0.29, 0.717) is 5.56 Å². The maximum absolute atomic E-state index is 11.1. The number of benzene rings is 1. The van der Waals surface area contributed by atoms with Crippen molar-refractivity contribution in [3.8, 4) is 0 Å². The van der Waals surface area contributed by atoms with Crippen molar-refractivity contribution in [3.63, 3.8) is 0 Å². The Kier molecular flexibility index (Phi) is 3.01. The van der Waals surface area contributed by atoms with Crippen LogP contribution < -0.4 is 0 Å². The van der Waals surface area contributed by atoms with Gasteiger partial charge in [0.1, 0.15) is 0 Å². The lowest BCUT2D eigenvalue weighted by Gasteiger charge is -2.47. The van der Waals surface area contributed by atoms with Crippen LogP contribution >= 0.6 is 0 Å². The zero-order chi connectivity index (χ0) is 14.3. The summed E-state index contributed by atoms with van der Waals surface area (Å²) in [4.78, 5) is 17.8. The van der Waals surface area contributed by atoms with E-state index < -0.39 is 5.97 Å². The molecule has 1 heterocycles. The summed E-state index contributed by atoms with van der Waals surface area (Å²) in [6.45, 7) is 0.861. The number of aromatic nitrogens is 2. The molecule has 0 atom stereocenters. The molecule has 0 radical (unpaired) electrons. The monoisotopic (exact) mass is 273 g/mol. The van der Waals surface area contributed by atoms with Crippen molar-refractivity contribution in [1.82, 2.24) is 14.5 Å². The van der Waals surface area contributed by atoms with Gasteiger partial charge in [-0.3, -0.25) is 0 Å². The van der Waals surface area contributed by atoms with Gasteiger partial charge in [-0.05, 0) is 51.6 Å². The van der Waals surface area contributed by atoms with Crippen LogP contribution in [0.15, 0.2) is 24.5 Å². The van der Waals surface area contributed by atoms with E-state index in [1.54, 1.807) is 18.2 Å². The first-order chi connectivity index (χ1) is 9.52. The van der Waals surface area contributed by atoms with Crippen LogP contribution in [0.1, 0.15) is 29.6 Å². The summed E-state index contributed by atoms with van der Waals surface area (Å²) in [6, 6.07) is 5.10. The average Bonchev–Trinajstić information content (AvgIpc) is 2.75. The number of hydrogen-bond donors (Lipinski definition) is 1. The lowest BCUT2D eigenvalue weighted by Crippen LogP contribution is -2.52. The van der Waals surface area contributed by atoms with E-state index in [0.717, 1.165) is 17.6 Å². The fourth-order valence-electron chi connectivity index (χ4n) is 2.96. The quantitative estimate of drug-likeness (QED) is 0.928. The molecule has 1 N–H and O–H groups in total. The predicted octanol–water partition coefficient (Wildman–Crippen LogP) is 2.22. The maximum Gasteiger partial charge on any atom is 0.335 e. The maximum atomic E-state index is 11.1. The molecule has 1 aromatic carbocycles. The standard InChI is InChI=1S/C15H19N3O2/c1-17(2)15(6-3-7-15)9-18-10-16-12-5-4-11(14(19)20)8-13(12)18/h4-5,8,10H,3,6-7,9H2,1-2H3,(H,19,20). The first kappa shape index (κ1) is 13.1. The Morgan fingerprint density at radius 2 is 2.20 bits per heavy atom. The number of likely N-dealkylation sites (N-methyl/N-ethyl adjacent to an activating group) is 1. The van der Waals surface area contributed by atoms with Crippen molar-refractivity contribution in [2.75, 3.05) is 14.1 Å². The number of imidazole rings is 1. The van der Waals surface area contributed by atoms with Gasteiger partial charge in [0.05, 0.1) is 22.9 Å². The van der Waals surface area contributed by atoms with Crippen molar-refractivity contribution in [1.29, 1.82) is 0 Å². The minimum Gasteiger partial charge on any atom is -0.478 e. The smallest absolute Gasteiger partial charge is 0.335 e. The molecule has 0 saturated heterocycles. The van der Waals surface area contributed by atoms with Crippen LogP contribution in [0.4, 0.5) is 0 Å². The molecule has 1 saturated carbocycles. The number of fused-ring (bicyclic) bond motifs is 1. The highest BCUT2D eigenvalue weighted by molar-refractivity contribution is 5.92. The Balaban J connectivity index is 1.99. The molecule has 5 heteroatoms. The van der Waals surface area contributed by atoms with Gasteiger partial charge in [0.15, 0.2) is 0 Å². The molecule has 0 unspecified atom stereocenters. The predicted molar refractivity (Wildman–Crippen MR) is 77.0 cm³/mol. The fourth-order valence-corrected chi connectivity index (χ4v) is 2.96. The highest BCUT2D eigenvalue weighted by Gasteiger charge is 2.39. The highest BCUT2D eigenvalue weighted by atomic mass is 16.4.